The second kappa shape index (κ2) is 6.06. The van der Waals surface area contributed by atoms with Crippen LogP contribution in [0.4, 0.5) is 5.69 Å². The normalized spacial score (nSPS) is 10.7. The summed E-state index contributed by atoms with van der Waals surface area (Å²) >= 11 is 1.66. The highest BCUT2D eigenvalue weighted by Crippen LogP contribution is 2.31. The average Bonchev–Trinajstić information content (AvgIpc) is 2.99. The number of nitrogen functional groups attached to an aromatic ring is 1. The minimum Gasteiger partial charge on any atom is -0.398 e. The van der Waals surface area contributed by atoms with Crippen molar-refractivity contribution in [2.45, 2.75) is 17.6 Å². The highest BCUT2D eigenvalue weighted by Gasteiger charge is 2.08. The van der Waals surface area contributed by atoms with E-state index >= 15 is 0 Å². The predicted molar refractivity (Wildman–Crippen MR) is 87.1 cm³/mol. The van der Waals surface area contributed by atoms with Gasteiger partial charge in [0.2, 0.25) is 0 Å². The van der Waals surface area contributed by atoms with Crippen LogP contribution in [0.3, 0.4) is 0 Å². The van der Waals surface area contributed by atoms with Crippen molar-refractivity contribution in [3.05, 3.63) is 65.9 Å². The number of para-hydroxylation sites is 1. The first-order valence-corrected chi connectivity index (χ1v) is 7.71. The number of nitrogens with two attached hydrogens (primary N) is 1. The molecule has 3 nitrogen and oxygen atoms in total. The Morgan fingerprint density at radius 2 is 1.90 bits per heavy atom. The van der Waals surface area contributed by atoms with Crippen molar-refractivity contribution in [2.75, 3.05) is 5.73 Å². The van der Waals surface area contributed by atoms with Crippen molar-refractivity contribution in [2.24, 2.45) is 0 Å². The number of benzene rings is 2. The molecule has 21 heavy (non-hydrogen) atoms. The zero-order valence-electron chi connectivity index (χ0n) is 11.7. The summed E-state index contributed by atoms with van der Waals surface area (Å²) in [6.07, 6.45) is 0. The number of hydrogen-bond acceptors (Lipinski definition) is 4. The second-order valence-corrected chi connectivity index (χ2v) is 5.84. The number of rotatable bonds is 4. The van der Waals surface area contributed by atoms with Crippen molar-refractivity contribution in [3.63, 3.8) is 0 Å². The zero-order valence-corrected chi connectivity index (χ0v) is 12.6. The van der Waals surface area contributed by atoms with Gasteiger partial charge in [-0.2, -0.15) is 0 Å². The highest BCUT2D eigenvalue weighted by atomic mass is 32.2. The molecule has 0 fully saturated rings. The quantitative estimate of drug-likeness (QED) is 0.568. The fourth-order valence-corrected chi connectivity index (χ4v) is 2.98. The van der Waals surface area contributed by atoms with E-state index < -0.39 is 0 Å². The van der Waals surface area contributed by atoms with Gasteiger partial charge >= 0.3 is 0 Å². The van der Waals surface area contributed by atoms with E-state index in [1.807, 2.05) is 61.5 Å². The smallest absolute Gasteiger partial charge is 0.147 e. The number of hydrogen-bond donors (Lipinski definition) is 1. The minimum absolute atomic E-state index is 0.716. The van der Waals surface area contributed by atoms with Gasteiger partial charge in [0.15, 0.2) is 0 Å². The largest absolute Gasteiger partial charge is 0.398 e. The lowest BCUT2D eigenvalue weighted by Gasteiger charge is -2.06. The van der Waals surface area contributed by atoms with E-state index in [1.165, 1.54) is 0 Å². The van der Waals surface area contributed by atoms with E-state index in [0.717, 1.165) is 33.2 Å². The molecule has 0 unspecified atom stereocenters. The third-order valence-corrected chi connectivity index (χ3v) is 4.38. The van der Waals surface area contributed by atoms with Gasteiger partial charge in [0, 0.05) is 22.2 Å². The van der Waals surface area contributed by atoms with Gasteiger partial charge < -0.3 is 10.3 Å². The van der Waals surface area contributed by atoms with Gasteiger partial charge in [-0.1, -0.05) is 47.6 Å². The van der Waals surface area contributed by atoms with E-state index in [4.69, 9.17) is 10.3 Å². The zero-order chi connectivity index (χ0) is 14.7. The third kappa shape index (κ3) is 3.11. The molecule has 0 amide bonds. The number of aryl methyl sites for hydroxylation is 1. The number of aromatic nitrogens is 1. The fraction of sp³-hybridized carbons (Fsp3) is 0.118. The van der Waals surface area contributed by atoms with E-state index in [1.54, 1.807) is 11.8 Å². The highest BCUT2D eigenvalue weighted by molar-refractivity contribution is 7.98. The maximum Gasteiger partial charge on any atom is 0.147 e. The van der Waals surface area contributed by atoms with Gasteiger partial charge in [0.05, 0.1) is 5.75 Å². The number of anilines is 1. The molecule has 0 radical (unpaired) electrons. The van der Waals surface area contributed by atoms with Crippen molar-refractivity contribution >= 4 is 17.4 Å². The molecule has 0 aliphatic carbocycles. The molecule has 1 heterocycles. The van der Waals surface area contributed by atoms with Gasteiger partial charge in [0.1, 0.15) is 11.5 Å². The van der Waals surface area contributed by atoms with E-state index in [2.05, 4.69) is 5.16 Å². The minimum atomic E-state index is 0.716. The molecular formula is C17H16N2OS. The molecule has 2 aromatic carbocycles. The van der Waals surface area contributed by atoms with Gasteiger partial charge in [-0.3, -0.25) is 0 Å². The maximum atomic E-state index is 6.08. The number of nitrogens with zero attached hydrogens (tertiary/aromatic N) is 1. The van der Waals surface area contributed by atoms with Gasteiger partial charge in [-0.15, -0.1) is 11.8 Å². The summed E-state index contributed by atoms with van der Waals surface area (Å²) < 4.78 is 5.40. The Hall–Kier alpha value is -2.20. The van der Waals surface area contributed by atoms with Crippen LogP contribution in [-0.2, 0) is 5.75 Å². The predicted octanol–water partition coefficient (Wildman–Crippen LogP) is 4.52. The lowest BCUT2D eigenvalue weighted by atomic mass is 10.1. The summed E-state index contributed by atoms with van der Waals surface area (Å²) in [7, 11) is 0. The lowest BCUT2D eigenvalue weighted by molar-refractivity contribution is 0.397. The Morgan fingerprint density at radius 1 is 1.10 bits per heavy atom. The topological polar surface area (TPSA) is 52.0 Å². The monoisotopic (exact) mass is 296 g/mol. The molecule has 2 N–H and O–H groups in total. The molecular weight excluding hydrogens is 280 g/mol. The SMILES string of the molecule is Cc1cccc(SCc2cc(-c3ccccc3)no2)c1N. The fourth-order valence-electron chi connectivity index (χ4n) is 2.05. The van der Waals surface area contributed by atoms with Crippen LogP contribution in [-0.4, -0.2) is 5.16 Å². The summed E-state index contributed by atoms with van der Waals surface area (Å²) in [6.45, 7) is 2.02. The molecule has 0 spiro atoms. The van der Waals surface area contributed by atoms with Crippen LogP contribution < -0.4 is 5.73 Å². The molecule has 0 aliphatic heterocycles. The Kier molecular flexibility index (Phi) is 3.97. The van der Waals surface area contributed by atoms with Gasteiger partial charge in [0.25, 0.3) is 0 Å². The standard InChI is InChI=1S/C17H16N2OS/c1-12-6-5-9-16(17(12)18)21-11-14-10-15(19-20-14)13-7-3-2-4-8-13/h2-10H,11,18H2,1H3. The third-order valence-electron chi connectivity index (χ3n) is 3.28. The van der Waals surface area contributed by atoms with Crippen molar-refractivity contribution in [3.8, 4) is 11.3 Å². The Balaban J connectivity index is 1.72. The Morgan fingerprint density at radius 3 is 2.71 bits per heavy atom. The Bertz CT molecular complexity index is 738. The number of thioether (sulfide) groups is 1. The molecule has 3 rings (SSSR count). The summed E-state index contributed by atoms with van der Waals surface area (Å²) in [6, 6.07) is 18.1. The summed E-state index contributed by atoms with van der Waals surface area (Å²) in [5.74, 6) is 1.56. The molecule has 1 aromatic heterocycles. The summed E-state index contributed by atoms with van der Waals surface area (Å²) in [5, 5.41) is 4.12. The summed E-state index contributed by atoms with van der Waals surface area (Å²) in [5.41, 5.74) is 9.94. The van der Waals surface area contributed by atoms with Crippen LogP contribution in [0.15, 0.2) is 64.0 Å². The molecule has 0 saturated carbocycles. The van der Waals surface area contributed by atoms with Crippen molar-refractivity contribution in [1.82, 2.24) is 5.16 Å². The van der Waals surface area contributed by atoms with Gasteiger partial charge in [-0.05, 0) is 18.6 Å². The summed E-state index contributed by atoms with van der Waals surface area (Å²) in [4.78, 5) is 1.08. The average molecular weight is 296 g/mol. The maximum absolute atomic E-state index is 6.08. The van der Waals surface area contributed by atoms with E-state index in [9.17, 15) is 0 Å². The van der Waals surface area contributed by atoms with Crippen LogP contribution in [0.5, 0.6) is 0 Å². The lowest BCUT2D eigenvalue weighted by Crippen LogP contribution is -1.92. The van der Waals surface area contributed by atoms with Crippen LogP contribution in [0, 0.1) is 6.92 Å². The van der Waals surface area contributed by atoms with Crippen molar-refractivity contribution in [1.29, 1.82) is 0 Å². The van der Waals surface area contributed by atoms with Crippen LogP contribution >= 0.6 is 11.8 Å². The van der Waals surface area contributed by atoms with Gasteiger partial charge in [-0.25, -0.2) is 0 Å². The molecule has 3 aromatic rings. The van der Waals surface area contributed by atoms with Crippen LogP contribution in [0.1, 0.15) is 11.3 Å². The molecule has 0 aliphatic rings. The molecule has 0 atom stereocenters. The molecule has 0 saturated heterocycles. The van der Waals surface area contributed by atoms with Crippen LogP contribution in [0.25, 0.3) is 11.3 Å². The Labute approximate surface area is 128 Å². The van der Waals surface area contributed by atoms with E-state index in [0.29, 0.717) is 5.75 Å². The van der Waals surface area contributed by atoms with Crippen molar-refractivity contribution < 1.29 is 4.52 Å². The second-order valence-electron chi connectivity index (χ2n) is 4.82. The molecule has 4 heteroatoms. The van der Waals surface area contributed by atoms with E-state index in [-0.39, 0.29) is 0 Å². The first-order valence-electron chi connectivity index (χ1n) is 6.73. The first kappa shape index (κ1) is 13.8. The molecule has 0 bridgehead atoms. The molecule has 106 valence electrons. The van der Waals surface area contributed by atoms with Crippen LogP contribution in [0.2, 0.25) is 0 Å². The first-order chi connectivity index (χ1) is 10.2.